The van der Waals surface area contributed by atoms with Gasteiger partial charge < -0.3 is 9.47 Å². The molecule has 0 fully saturated rings. The fraction of sp³-hybridized carbons (Fsp3) is 0.258. The molecule has 2 atom stereocenters. The maximum atomic E-state index is 13.1. The average Bonchev–Trinajstić information content (AvgIpc) is 3.36. The predicted molar refractivity (Wildman–Crippen MR) is 279 cm³/mol. The van der Waals surface area contributed by atoms with Crippen molar-refractivity contribution < 1.29 is 23.9 Å². The molecule has 0 radical (unpaired) electrons. The molecule has 0 saturated carbocycles. The molecular formula is C62H59NO5. The molecule has 0 N–H and O–H groups in total. The number of unbranched alkanes of at least 4 members (excludes halogenated alkanes) is 2. The highest BCUT2D eigenvalue weighted by atomic mass is 16.7. The van der Waals surface area contributed by atoms with Crippen LogP contribution in [0.25, 0.3) is 64.6 Å². The van der Waals surface area contributed by atoms with Crippen molar-refractivity contribution in [1.82, 2.24) is 5.06 Å². The lowest BCUT2D eigenvalue weighted by Gasteiger charge is -2.41. The largest absolute Gasteiger partial charge is 0.462 e. The molecular weight excluding hydrogens is 839 g/mol. The van der Waals surface area contributed by atoms with Crippen molar-refractivity contribution in [2.45, 2.75) is 90.8 Å². The maximum absolute atomic E-state index is 13.1. The van der Waals surface area contributed by atoms with E-state index in [-0.39, 0.29) is 29.6 Å². The highest BCUT2D eigenvalue weighted by Crippen LogP contribution is 2.38. The van der Waals surface area contributed by atoms with Gasteiger partial charge in [-0.15, -0.1) is 0 Å². The number of ether oxygens (including phenoxy) is 2. The summed E-state index contributed by atoms with van der Waals surface area (Å²) in [6.07, 6.45) is 5.00. The van der Waals surface area contributed by atoms with Gasteiger partial charge in [-0.05, 0) is 184 Å². The second kappa shape index (κ2) is 19.0. The molecule has 0 aromatic heterocycles. The van der Waals surface area contributed by atoms with Crippen LogP contribution in [0.5, 0.6) is 0 Å². The fourth-order valence-electron chi connectivity index (χ4n) is 10.3. The summed E-state index contributed by atoms with van der Waals surface area (Å²) in [6, 6.07) is 54.9. The molecule has 6 heteroatoms. The van der Waals surface area contributed by atoms with E-state index in [0.717, 1.165) is 49.7 Å². The number of rotatable bonds is 17. The number of aryl methyl sites for hydroxylation is 2. The molecule has 2 unspecified atom stereocenters. The van der Waals surface area contributed by atoms with Crippen molar-refractivity contribution in [3.8, 4) is 0 Å². The molecule has 6 nitrogen and oxygen atoms in total. The van der Waals surface area contributed by atoms with Gasteiger partial charge in [0.1, 0.15) is 6.10 Å². The third-order valence-electron chi connectivity index (χ3n) is 13.9. The minimum absolute atomic E-state index is 0.120. The van der Waals surface area contributed by atoms with E-state index < -0.39 is 0 Å². The topological polar surface area (TPSA) is 65.1 Å². The van der Waals surface area contributed by atoms with Crippen LogP contribution in [-0.4, -0.2) is 35.8 Å². The molecule has 10 aromatic carbocycles. The zero-order valence-corrected chi connectivity index (χ0v) is 39.8. The normalized spacial score (nSPS) is 13.1. The van der Waals surface area contributed by atoms with Crippen LogP contribution in [0, 0.1) is 0 Å². The van der Waals surface area contributed by atoms with E-state index in [4.69, 9.17) is 14.3 Å². The van der Waals surface area contributed by atoms with E-state index in [1.807, 2.05) is 60.5 Å². The Hall–Kier alpha value is -6.86. The molecule has 0 aliphatic heterocycles. The second-order valence-electron chi connectivity index (χ2n) is 19.5. The molecule has 0 saturated heterocycles. The maximum Gasteiger partial charge on any atom is 0.338 e. The lowest BCUT2D eigenvalue weighted by Crippen LogP contribution is -2.43. The number of carbonyl (C=O) groups excluding carboxylic acids is 2. The summed E-state index contributed by atoms with van der Waals surface area (Å²) in [5, 5.41) is 17.6. The predicted octanol–water partition coefficient (Wildman–Crippen LogP) is 15.7. The SMILES string of the molecule is CC(ON(C(C)c1ccc(C(=O)OCCCCc2ccc3ccc4cccc5ccc2c3c45)cc1)C(C)(C)C)c1ccc(C(=O)OCCCCc2ccc3ccc4cccc5ccc2c3c45)cc1. The third-order valence-corrected chi connectivity index (χ3v) is 13.9. The van der Waals surface area contributed by atoms with Gasteiger partial charge in [0.15, 0.2) is 0 Å². The molecule has 0 amide bonds. The zero-order chi connectivity index (χ0) is 46.9. The van der Waals surface area contributed by atoms with Gasteiger partial charge in [0, 0.05) is 5.54 Å². The standard InChI is InChI=1S/C62H59NO5/c1-40(42-18-30-52(31-19-42)60(64)66-38-8-6-12-44-22-24-50-28-26-46-14-10-16-48-34-36-54(44)58(50)56(46)48)63(62(3,4)5)68-41(2)43-20-32-53(33-21-43)61(65)67-39-9-7-13-45-23-25-51-29-27-47-15-11-17-49-35-37-55(45)59(51)57(47)49/h10-11,14-37,40-41H,6-9,12-13,38-39H2,1-5H3. The molecule has 0 aliphatic rings. The first-order valence-electron chi connectivity index (χ1n) is 24.3. The van der Waals surface area contributed by atoms with Crippen LogP contribution in [-0.2, 0) is 27.2 Å². The van der Waals surface area contributed by atoms with Gasteiger partial charge in [0.25, 0.3) is 0 Å². The lowest BCUT2D eigenvalue weighted by atomic mass is 9.91. The van der Waals surface area contributed by atoms with Crippen molar-refractivity contribution in [1.29, 1.82) is 0 Å². The van der Waals surface area contributed by atoms with Crippen LogP contribution >= 0.6 is 0 Å². The van der Waals surface area contributed by atoms with Gasteiger partial charge in [-0.1, -0.05) is 133 Å². The Morgan fingerprint density at radius 2 is 0.838 bits per heavy atom. The van der Waals surface area contributed by atoms with Crippen LogP contribution in [0.15, 0.2) is 158 Å². The van der Waals surface area contributed by atoms with Gasteiger partial charge >= 0.3 is 11.9 Å². The summed E-state index contributed by atoms with van der Waals surface area (Å²) < 4.78 is 11.5. The molecule has 0 heterocycles. The molecule has 68 heavy (non-hydrogen) atoms. The minimum Gasteiger partial charge on any atom is -0.462 e. The summed E-state index contributed by atoms with van der Waals surface area (Å²) in [5.41, 5.74) is 5.34. The van der Waals surface area contributed by atoms with E-state index in [1.165, 1.54) is 75.8 Å². The smallest absolute Gasteiger partial charge is 0.338 e. The summed E-state index contributed by atoms with van der Waals surface area (Å²) >= 11 is 0. The highest BCUT2D eigenvalue weighted by molar-refractivity contribution is 6.24. The number of esters is 2. The monoisotopic (exact) mass is 897 g/mol. The molecule has 342 valence electrons. The second-order valence-corrected chi connectivity index (χ2v) is 19.5. The summed E-state index contributed by atoms with van der Waals surface area (Å²) in [4.78, 5) is 32.9. The number of hydroxylamine groups is 2. The minimum atomic E-state index is -0.341. The number of hydrogen-bond donors (Lipinski definition) is 0. The number of carbonyl (C=O) groups is 2. The first kappa shape index (κ1) is 44.9. The van der Waals surface area contributed by atoms with E-state index in [9.17, 15) is 9.59 Å². The van der Waals surface area contributed by atoms with E-state index in [1.54, 1.807) is 0 Å². The van der Waals surface area contributed by atoms with Crippen LogP contribution in [0.1, 0.15) is 115 Å². The average molecular weight is 898 g/mol. The first-order valence-corrected chi connectivity index (χ1v) is 24.3. The van der Waals surface area contributed by atoms with Crippen LogP contribution < -0.4 is 0 Å². The quantitative estimate of drug-likeness (QED) is 0.0393. The third kappa shape index (κ3) is 8.99. The molecule has 0 aliphatic carbocycles. The van der Waals surface area contributed by atoms with Crippen LogP contribution in [0.4, 0.5) is 0 Å². The molecule has 10 rings (SSSR count). The Balaban J connectivity index is 0.683. The van der Waals surface area contributed by atoms with Crippen molar-refractivity contribution in [2.24, 2.45) is 0 Å². The van der Waals surface area contributed by atoms with Gasteiger partial charge in [-0.2, -0.15) is 5.06 Å². The summed E-state index contributed by atoms with van der Waals surface area (Å²) in [5.74, 6) is -0.631. The van der Waals surface area contributed by atoms with Crippen molar-refractivity contribution in [2.75, 3.05) is 13.2 Å². The number of benzene rings is 10. The Morgan fingerprint density at radius 1 is 0.456 bits per heavy atom. The lowest BCUT2D eigenvalue weighted by molar-refractivity contribution is -0.262. The fourth-order valence-corrected chi connectivity index (χ4v) is 10.3. The van der Waals surface area contributed by atoms with Crippen molar-refractivity contribution >= 4 is 76.6 Å². The number of nitrogens with zero attached hydrogens (tertiary/aromatic N) is 1. The van der Waals surface area contributed by atoms with Crippen LogP contribution in [0.2, 0.25) is 0 Å². The Bertz CT molecular complexity index is 3350. The summed E-state index contributed by atoms with van der Waals surface area (Å²) in [6.45, 7) is 11.2. The zero-order valence-electron chi connectivity index (χ0n) is 39.8. The molecule has 0 bridgehead atoms. The summed E-state index contributed by atoms with van der Waals surface area (Å²) in [7, 11) is 0. The van der Waals surface area contributed by atoms with E-state index in [2.05, 4.69) is 137 Å². The number of hydrogen-bond acceptors (Lipinski definition) is 6. The van der Waals surface area contributed by atoms with Crippen molar-refractivity contribution in [3.63, 3.8) is 0 Å². The van der Waals surface area contributed by atoms with Crippen molar-refractivity contribution in [3.05, 3.63) is 191 Å². The van der Waals surface area contributed by atoms with Crippen LogP contribution in [0.3, 0.4) is 0 Å². The van der Waals surface area contributed by atoms with Gasteiger partial charge in [-0.3, -0.25) is 4.84 Å². The van der Waals surface area contributed by atoms with E-state index >= 15 is 0 Å². The van der Waals surface area contributed by atoms with Gasteiger partial charge in [0.05, 0.1) is 30.4 Å². The highest BCUT2D eigenvalue weighted by Gasteiger charge is 2.31. The Morgan fingerprint density at radius 3 is 1.26 bits per heavy atom. The Kier molecular flexibility index (Phi) is 12.6. The Labute approximate surface area is 399 Å². The molecule has 0 spiro atoms. The van der Waals surface area contributed by atoms with E-state index in [0.29, 0.717) is 24.3 Å². The molecule has 10 aromatic rings. The van der Waals surface area contributed by atoms with Gasteiger partial charge in [-0.25, -0.2) is 9.59 Å². The van der Waals surface area contributed by atoms with Gasteiger partial charge in [0.2, 0.25) is 0 Å². The first-order chi connectivity index (χ1) is 33.0.